The molecule has 21 heavy (non-hydrogen) atoms. The van der Waals surface area contributed by atoms with E-state index < -0.39 is 0 Å². The largest absolute Gasteiger partial charge is 0.393 e. The van der Waals surface area contributed by atoms with Gasteiger partial charge in [-0.1, -0.05) is 0 Å². The van der Waals surface area contributed by atoms with E-state index in [4.69, 9.17) is 0 Å². The number of fused-ring (bicyclic) bond motifs is 2. The predicted molar refractivity (Wildman–Crippen MR) is 83.6 cm³/mol. The van der Waals surface area contributed by atoms with Crippen LogP contribution in [0.3, 0.4) is 0 Å². The average Bonchev–Trinajstić information content (AvgIpc) is 3.17. The lowest BCUT2D eigenvalue weighted by Gasteiger charge is -2.36. The Labute approximate surface area is 131 Å². The molecule has 2 saturated heterocycles. The number of amides is 1. The molecule has 2 unspecified atom stereocenters. The first-order chi connectivity index (χ1) is 10.2. The number of aliphatic hydroxyl groups excluding tert-OH is 1. The van der Waals surface area contributed by atoms with Crippen LogP contribution >= 0.6 is 22.7 Å². The summed E-state index contributed by atoms with van der Waals surface area (Å²) in [5, 5.41) is 16.7. The Morgan fingerprint density at radius 1 is 1.29 bits per heavy atom. The van der Waals surface area contributed by atoms with Crippen molar-refractivity contribution in [1.29, 1.82) is 0 Å². The molecule has 0 saturated carbocycles. The number of hydrogen-bond donors (Lipinski definition) is 1. The van der Waals surface area contributed by atoms with Gasteiger partial charge in [-0.2, -0.15) is 11.3 Å². The molecule has 4 nitrogen and oxygen atoms in total. The lowest BCUT2D eigenvalue weighted by atomic mass is 9.99. The predicted octanol–water partition coefficient (Wildman–Crippen LogP) is 3.00. The molecule has 2 aromatic rings. The smallest absolute Gasteiger partial charge is 0.273 e. The first-order valence-corrected chi connectivity index (χ1v) is 9.03. The molecule has 0 aliphatic carbocycles. The standard InChI is InChI=1S/C15H16N2O2S2/c18-12-5-10-1-2-11(6-12)17(10)15(19)13-8-21-14(16-13)9-3-4-20-7-9/h3-4,7-8,10-12,18H,1-2,5-6H2. The van der Waals surface area contributed by atoms with Crippen LogP contribution in [0.5, 0.6) is 0 Å². The van der Waals surface area contributed by atoms with Crippen molar-refractivity contribution in [2.75, 3.05) is 0 Å². The van der Waals surface area contributed by atoms with E-state index >= 15 is 0 Å². The van der Waals surface area contributed by atoms with E-state index in [1.165, 1.54) is 11.3 Å². The van der Waals surface area contributed by atoms with Crippen molar-refractivity contribution < 1.29 is 9.90 Å². The van der Waals surface area contributed by atoms with Gasteiger partial charge in [-0.3, -0.25) is 4.79 Å². The molecule has 0 spiro atoms. The molecular formula is C15H16N2O2S2. The van der Waals surface area contributed by atoms with Gasteiger partial charge in [-0.05, 0) is 37.1 Å². The zero-order valence-corrected chi connectivity index (χ0v) is 13.1. The third-order valence-electron chi connectivity index (χ3n) is 4.43. The second-order valence-corrected chi connectivity index (χ2v) is 7.41. The fourth-order valence-corrected chi connectivity index (χ4v) is 5.01. The number of aromatic nitrogens is 1. The number of thiazole rings is 1. The zero-order chi connectivity index (χ0) is 14.4. The highest BCUT2D eigenvalue weighted by atomic mass is 32.1. The molecule has 0 aromatic carbocycles. The minimum Gasteiger partial charge on any atom is -0.393 e. The molecule has 1 N–H and O–H groups in total. The minimum absolute atomic E-state index is 0.0344. The van der Waals surface area contributed by atoms with Gasteiger partial charge in [0, 0.05) is 28.4 Å². The van der Waals surface area contributed by atoms with Crippen molar-refractivity contribution in [3.63, 3.8) is 0 Å². The SMILES string of the molecule is O=C(c1csc(-c2ccsc2)n1)N1C2CCC1CC(O)C2. The van der Waals surface area contributed by atoms with Crippen molar-refractivity contribution in [2.45, 2.75) is 43.9 Å². The maximum absolute atomic E-state index is 12.7. The van der Waals surface area contributed by atoms with E-state index in [9.17, 15) is 9.90 Å². The molecule has 2 atom stereocenters. The Balaban J connectivity index is 1.58. The number of piperidine rings is 1. The van der Waals surface area contributed by atoms with Crippen LogP contribution in [0.2, 0.25) is 0 Å². The number of nitrogens with zero attached hydrogens (tertiary/aromatic N) is 2. The molecule has 2 bridgehead atoms. The molecule has 4 rings (SSSR count). The van der Waals surface area contributed by atoms with Gasteiger partial charge in [-0.25, -0.2) is 4.98 Å². The Hall–Kier alpha value is -1.24. The summed E-state index contributed by atoms with van der Waals surface area (Å²) in [7, 11) is 0. The number of aliphatic hydroxyl groups is 1. The molecule has 0 radical (unpaired) electrons. The van der Waals surface area contributed by atoms with Crippen molar-refractivity contribution in [3.8, 4) is 10.6 Å². The highest BCUT2D eigenvalue weighted by Crippen LogP contribution is 2.37. The van der Waals surface area contributed by atoms with Crippen LogP contribution in [0.25, 0.3) is 10.6 Å². The van der Waals surface area contributed by atoms with E-state index in [0.29, 0.717) is 18.5 Å². The third kappa shape index (κ3) is 2.31. The van der Waals surface area contributed by atoms with Crippen LogP contribution in [-0.4, -0.2) is 39.1 Å². The number of thiophene rings is 1. The molecule has 2 fully saturated rings. The quantitative estimate of drug-likeness (QED) is 0.925. The fourth-order valence-electron chi connectivity index (χ4n) is 3.50. The molecule has 2 aliphatic rings. The van der Waals surface area contributed by atoms with Crippen molar-refractivity contribution >= 4 is 28.6 Å². The van der Waals surface area contributed by atoms with Gasteiger partial charge in [-0.15, -0.1) is 11.3 Å². The van der Waals surface area contributed by atoms with Crippen molar-refractivity contribution in [2.24, 2.45) is 0 Å². The van der Waals surface area contributed by atoms with Crippen LogP contribution in [0.4, 0.5) is 0 Å². The Morgan fingerprint density at radius 2 is 2.05 bits per heavy atom. The summed E-state index contributed by atoms with van der Waals surface area (Å²) in [6.07, 6.45) is 3.20. The van der Waals surface area contributed by atoms with Crippen LogP contribution in [0.1, 0.15) is 36.2 Å². The maximum atomic E-state index is 12.7. The van der Waals surface area contributed by atoms with E-state index in [1.807, 2.05) is 27.1 Å². The summed E-state index contributed by atoms with van der Waals surface area (Å²) in [5.74, 6) is 0.0344. The second-order valence-electron chi connectivity index (χ2n) is 5.77. The molecule has 6 heteroatoms. The van der Waals surface area contributed by atoms with Crippen LogP contribution < -0.4 is 0 Å². The van der Waals surface area contributed by atoms with Gasteiger partial charge >= 0.3 is 0 Å². The summed E-state index contributed by atoms with van der Waals surface area (Å²) in [6, 6.07) is 2.41. The highest BCUT2D eigenvalue weighted by Gasteiger charge is 2.43. The van der Waals surface area contributed by atoms with E-state index in [2.05, 4.69) is 4.98 Å². The summed E-state index contributed by atoms with van der Waals surface area (Å²) in [5.41, 5.74) is 1.63. The molecule has 2 aliphatic heterocycles. The molecule has 2 aromatic heterocycles. The zero-order valence-electron chi connectivity index (χ0n) is 11.4. The van der Waals surface area contributed by atoms with E-state index in [-0.39, 0.29) is 24.1 Å². The van der Waals surface area contributed by atoms with Gasteiger partial charge in [0.2, 0.25) is 0 Å². The number of rotatable bonds is 2. The maximum Gasteiger partial charge on any atom is 0.273 e. The van der Waals surface area contributed by atoms with Crippen LogP contribution in [-0.2, 0) is 0 Å². The highest BCUT2D eigenvalue weighted by molar-refractivity contribution is 7.14. The van der Waals surface area contributed by atoms with Crippen LogP contribution in [0, 0.1) is 0 Å². The van der Waals surface area contributed by atoms with Gasteiger partial charge < -0.3 is 10.0 Å². The molecular weight excluding hydrogens is 304 g/mol. The Bertz CT molecular complexity index is 638. The summed E-state index contributed by atoms with van der Waals surface area (Å²) in [6.45, 7) is 0. The molecule has 4 heterocycles. The van der Waals surface area contributed by atoms with Crippen molar-refractivity contribution in [1.82, 2.24) is 9.88 Å². The summed E-state index contributed by atoms with van der Waals surface area (Å²) < 4.78 is 0. The topological polar surface area (TPSA) is 53.4 Å². The number of carbonyl (C=O) groups is 1. The first kappa shape index (κ1) is 13.4. The van der Waals surface area contributed by atoms with Gasteiger partial charge in [0.1, 0.15) is 10.7 Å². The fraction of sp³-hybridized carbons (Fsp3) is 0.467. The monoisotopic (exact) mass is 320 g/mol. The van der Waals surface area contributed by atoms with Gasteiger partial charge in [0.25, 0.3) is 5.91 Å². The normalized spacial score (nSPS) is 28.0. The van der Waals surface area contributed by atoms with E-state index in [0.717, 1.165) is 23.4 Å². The minimum atomic E-state index is -0.247. The van der Waals surface area contributed by atoms with E-state index in [1.54, 1.807) is 11.3 Å². The third-order valence-corrected chi connectivity index (χ3v) is 6.01. The Morgan fingerprint density at radius 3 is 2.71 bits per heavy atom. The summed E-state index contributed by atoms with van der Waals surface area (Å²) in [4.78, 5) is 19.2. The molecule has 1 amide bonds. The lowest BCUT2D eigenvalue weighted by molar-refractivity contribution is 0.0283. The van der Waals surface area contributed by atoms with Gasteiger partial charge in [0.15, 0.2) is 0 Å². The number of hydrogen-bond acceptors (Lipinski definition) is 5. The van der Waals surface area contributed by atoms with Crippen LogP contribution in [0.15, 0.2) is 22.2 Å². The Kier molecular flexibility index (Phi) is 3.32. The average molecular weight is 320 g/mol. The van der Waals surface area contributed by atoms with Crippen molar-refractivity contribution in [3.05, 3.63) is 27.9 Å². The lowest BCUT2D eigenvalue weighted by Crippen LogP contribution is -2.48. The second kappa shape index (κ2) is 5.19. The summed E-state index contributed by atoms with van der Waals surface area (Å²) >= 11 is 3.16. The number of carbonyl (C=O) groups excluding carboxylic acids is 1. The first-order valence-electron chi connectivity index (χ1n) is 7.21. The molecule has 110 valence electrons. The van der Waals surface area contributed by atoms with Gasteiger partial charge in [0.05, 0.1) is 6.10 Å².